The lowest BCUT2D eigenvalue weighted by molar-refractivity contribution is -0.125. The summed E-state index contributed by atoms with van der Waals surface area (Å²) in [6.45, 7) is 6.03. The largest absolute Gasteiger partial charge is 0.368 e. The van der Waals surface area contributed by atoms with Crippen molar-refractivity contribution in [2.45, 2.75) is 26.4 Å². The molecule has 2 heterocycles. The predicted molar refractivity (Wildman–Crippen MR) is 98.8 cm³/mol. The molecule has 1 aliphatic rings. The molecule has 140 valence electrons. The average Bonchev–Trinajstić information content (AvgIpc) is 3.05. The molecule has 0 radical (unpaired) electrons. The van der Waals surface area contributed by atoms with Crippen LogP contribution in [-0.4, -0.2) is 41.7 Å². The summed E-state index contributed by atoms with van der Waals surface area (Å²) < 4.78 is 21.4. The van der Waals surface area contributed by atoms with Gasteiger partial charge in [0.25, 0.3) is 5.91 Å². The Labute approximate surface area is 153 Å². The van der Waals surface area contributed by atoms with Crippen LogP contribution in [0.5, 0.6) is 0 Å². The minimum absolute atomic E-state index is 0.0717. The van der Waals surface area contributed by atoms with E-state index in [9.17, 15) is 9.18 Å². The summed E-state index contributed by atoms with van der Waals surface area (Å²) in [6.07, 6.45) is 4.23. The zero-order chi connectivity index (χ0) is 18.7. The number of hydrogen-bond donors (Lipinski definition) is 0. The number of nitrogens with zero attached hydrogens (tertiary/aromatic N) is 4. The van der Waals surface area contributed by atoms with Gasteiger partial charge in [-0.3, -0.25) is 4.79 Å². The molecule has 7 heteroatoms. The molecule has 1 aromatic heterocycles. The maximum absolute atomic E-state index is 13.8. The van der Waals surface area contributed by atoms with Crippen molar-refractivity contribution in [3.63, 3.8) is 0 Å². The zero-order valence-corrected chi connectivity index (χ0v) is 15.5. The van der Waals surface area contributed by atoms with E-state index < -0.39 is 0 Å². The van der Waals surface area contributed by atoms with E-state index in [-0.39, 0.29) is 24.4 Å². The third kappa shape index (κ3) is 3.72. The van der Waals surface area contributed by atoms with Gasteiger partial charge < -0.3 is 19.1 Å². The summed E-state index contributed by atoms with van der Waals surface area (Å²) in [6, 6.07) is 4.61. The molecule has 0 saturated heterocycles. The fourth-order valence-corrected chi connectivity index (χ4v) is 3.32. The molecule has 0 spiro atoms. The van der Waals surface area contributed by atoms with Gasteiger partial charge in [0.1, 0.15) is 24.4 Å². The molecule has 0 N–H and O–H groups in total. The van der Waals surface area contributed by atoms with Gasteiger partial charge in [-0.15, -0.1) is 0 Å². The number of imidazole rings is 1. The van der Waals surface area contributed by atoms with Gasteiger partial charge in [-0.05, 0) is 31.5 Å². The van der Waals surface area contributed by atoms with Crippen molar-refractivity contribution in [1.82, 2.24) is 9.55 Å². The molecular formula is C19H25FN4O2. The Hall–Kier alpha value is -2.41. The molecule has 1 unspecified atom stereocenters. The normalized spacial score (nSPS) is 15.1. The third-order valence-corrected chi connectivity index (χ3v) is 4.64. The van der Waals surface area contributed by atoms with Gasteiger partial charge in [-0.25, -0.2) is 9.37 Å². The number of carbonyl (C=O) groups excluding carboxylic acids is 1. The van der Waals surface area contributed by atoms with Crippen molar-refractivity contribution in [2.75, 3.05) is 36.0 Å². The van der Waals surface area contributed by atoms with Crippen LogP contribution in [0, 0.1) is 5.82 Å². The molecule has 26 heavy (non-hydrogen) atoms. The van der Waals surface area contributed by atoms with E-state index >= 15 is 0 Å². The van der Waals surface area contributed by atoms with Crippen LogP contribution in [0.4, 0.5) is 15.8 Å². The Morgan fingerprint density at radius 2 is 2.15 bits per heavy atom. The first kappa shape index (κ1) is 18.4. The predicted octanol–water partition coefficient (Wildman–Crippen LogP) is 2.90. The molecule has 3 rings (SSSR count). The first-order valence-corrected chi connectivity index (χ1v) is 8.95. The molecule has 0 saturated carbocycles. The Kier molecular flexibility index (Phi) is 5.56. The Balaban J connectivity index is 1.72. The number of aryl methyl sites for hydroxylation is 1. The van der Waals surface area contributed by atoms with Gasteiger partial charge in [0, 0.05) is 39.1 Å². The maximum atomic E-state index is 13.8. The van der Waals surface area contributed by atoms with Crippen LogP contribution in [0.2, 0.25) is 0 Å². The van der Waals surface area contributed by atoms with E-state index in [2.05, 4.69) is 16.8 Å². The number of halogens is 1. The number of aromatic nitrogens is 2. The van der Waals surface area contributed by atoms with Gasteiger partial charge in [0.2, 0.25) is 0 Å². The fraction of sp³-hybridized carbons (Fsp3) is 0.474. The Morgan fingerprint density at radius 3 is 2.85 bits per heavy atom. The van der Waals surface area contributed by atoms with E-state index in [1.165, 1.54) is 12.1 Å². The highest BCUT2D eigenvalue weighted by Crippen LogP contribution is 2.34. The summed E-state index contributed by atoms with van der Waals surface area (Å²) in [5, 5.41) is 0. The lowest BCUT2D eigenvalue weighted by atomic mass is 10.1. The number of benzene rings is 1. The van der Waals surface area contributed by atoms with Gasteiger partial charge in [-0.1, -0.05) is 6.92 Å². The first-order valence-electron chi connectivity index (χ1n) is 8.95. The second-order valence-electron chi connectivity index (χ2n) is 6.52. The van der Waals surface area contributed by atoms with E-state index in [0.717, 1.165) is 31.0 Å². The number of hydrogen-bond acceptors (Lipinski definition) is 4. The zero-order valence-electron chi connectivity index (χ0n) is 15.5. The van der Waals surface area contributed by atoms with Gasteiger partial charge in [0.15, 0.2) is 0 Å². The summed E-state index contributed by atoms with van der Waals surface area (Å²) in [5.74, 6) is 0.244. The number of rotatable bonds is 6. The van der Waals surface area contributed by atoms with Gasteiger partial charge in [0.05, 0.1) is 11.4 Å². The Morgan fingerprint density at radius 1 is 1.35 bits per heavy atom. The number of amides is 1. The SMILES string of the molecule is CCCN1CCN(C(=O)COC(C)c2nccn2C)c2cc(F)ccc21. The molecule has 0 fully saturated rings. The van der Waals surface area contributed by atoms with E-state index in [1.807, 2.05) is 24.7 Å². The van der Waals surface area contributed by atoms with Crippen molar-refractivity contribution in [3.05, 3.63) is 42.2 Å². The molecule has 2 aromatic rings. The highest BCUT2D eigenvalue weighted by molar-refractivity contribution is 5.98. The monoisotopic (exact) mass is 360 g/mol. The number of ether oxygens (including phenoxy) is 1. The second kappa shape index (κ2) is 7.86. The third-order valence-electron chi connectivity index (χ3n) is 4.64. The lowest BCUT2D eigenvalue weighted by Crippen LogP contribution is -2.45. The number of anilines is 2. The summed E-state index contributed by atoms with van der Waals surface area (Å²) >= 11 is 0. The van der Waals surface area contributed by atoms with Crippen LogP contribution in [-0.2, 0) is 16.6 Å². The maximum Gasteiger partial charge on any atom is 0.253 e. The number of fused-ring (bicyclic) bond motifs is 1. The van der Waals surface area contributed by atoms with E-state index in [0.29, 0.717) is 12.2 Å². The van der Waals surface area contributed by atoms with Crippen molar-refractivity contribution in [1.29, 1.82) is 0 Å². The lowest BCUT2D eigenvalue weighted by Gasteiger charge is -2.37. The standard InChI is InChI=1S/C19H25FN4O2/c1-4-8-23-10-11-24(17-12-15(20)5-6-16(17)23)18(25)13-26-14(2)19-21-7-9-22(19)3/h5-7,9,12,14H,4,8,10-11,13H2,1-3H3. The van der Waals surface area contributed by atoms with Crippen LogP contribution >= 0.6 is 0 Å². The molecule has 0 aliphatic carbocycles. The first-order chi connectivity index (χ1) is 12.5. The molecule has 0 bridgehead atoms. The van der Waals surface area contributed by atoms with E-state index in [1.54, 1.807) is 17.2 Å². The van der Waals surface area contributed by atoms with Gasteiger partial charge >= 0.3 is 0 Å². The highest BCUT2D eigenvalue weighted by Gasteiger charge is 2.27. The molecule has 1 atom stereocenters. The average molecular weight is 360 g/mol. The van der Waals surface area contributed by atoms with Gasteiger partial charge in [-0.2, -0.15) is 0 Å². The number of carbonyl (C=O) groups is 1. The van der Waals surface area contributed by atoms with Crippen molar-refractivity contribution >= 4 is 17.3 Å². The minimum Gasteiger partial charge on any atom is -0.368 e. The molecular weight excluding hydrogens is 335 g/mol. The van der Waals surface area contributed by atoms with Crippen molar-refractivity contribution in [3.8, 4) is 0 Å². The highest BCUT2D eigenvalue weighted by atomic mass is 19.1. The van der Waals surface area contributed by atoms with Crippen LogP contribution < -0.4 is 9.80 Å². The molecule has 1 aliphatic heterocycles. The van der Waals surface area contributed by atoms with Crippen molar-refractivity contribution in [2.24, 2.45) is 7.05 Å². The molecule has 6 nitrogen and oxygen atoms in total. The fourth-order valence-electron chi connectivity index (χ4n) is 3.32. The topological polar surface area (TPSA) is 50.6 Å². The Bertz CT molecular complexity index is 777. The van der Waals surface area contributed by atoms with Crippen LogP contribution in [0.25, 0.3) is 0 Å². The van der Waals surface area contributed by atoms with Crippen molar-refractivity contribution < 1.29 is 13.9 Å². The van der Waals surface area contributed by atoms with Crippen LogP contribution in [0.1, 0.15) is 32.2 Å². The van der Waals surface area contributed by atoms with Crippen LogP contribution in [0.15, 0.2) is 30.6 Å². The quantitative estimate of drug-likeness (QED) is 0.795. The molecule has 1 aromatic carbocycles. The molecule has 1 amide bonds. The summed E-state index contributed by atoms with van der Waals surface area (Å²) in [4.78, 5) is 20.8. The van der Waals surface area contributed by atoms with E-state index in [4.69, 9.17) is 4.74 Å². The smallest absolute Gasteiger partial charge is 0.253 e. The summed E-state index contributed by atoms with van der Waals surface area (Å²) in [5.41, 5.74) is 1.51. The second-order valence-corrected chi connectivity index (χ2v) is 6.52. The minimum atomic E-state index is -0.345. The van der Waals surface area contributed by atoms with Crippen LogP contribution in [0.3, 0.4) is 0 Å². The summed E-state index contributed by atoms with van der Waals surface area (Å²) in [7, 11) is 1.88.